The van der Waals surface area contributed by atoms with Gasteiger partial charge in [-0.1, -0.05) is 41.9 Å². The highest BCUT2D eigenvalue weighted by Crippen LogP contribution is 2.26. The lowest BCUT2D eigenvalue weighted by atomic mass is 9.95. The maximum atomic E-state index is 13.0. The van der Waals surface area contributed by atoms with Crippen molar-refractivity contribution in [1.29, 1.82) is 0 Å². The zero-order valence-electron chi connectivity index (χ0n) is 15.8. The number of benzene rings is 2. The Morgan fingerprint density at radius 2 is 1.72 bits per heavy atom. The van der Waals surface area contributed by atoms with Gasteiger partial charge in [-0.2, -0.15) is 5.10 Å². The van der Waals surface area contributed by atoms with E-state index in [-0.39, 0.29) is 17.7 Å². The van der Waals surface area contributed by atoms with E-state index in [4.69, 9.17) is 11.6 Å². The molecule has 7 heteroatoms. The van der Waals surface area contributed by atoms with Crippen molar-refractivity contribution in [2.24, 2.45) is 5.92 Å². The molecule has 0 aliphatic carbocycles. The quantitative estimate of drug-likeness (QED) is 0.678. The van der Waals surface area contributed by atoms with E-state index in [1.54, 1.807) is 23.2 Å². The molecule has 0 saturated carbocycles. The van der Waals surface area contributed by atoms with Gasteiger partial charge in [0.15, 0.2) is 0 Å². The van der Waals surface area contributed by atoms with Crippen molar-refractivity contribution in [2.75, 3.05) is 18.4 Å². The zero-order valence-corrected chi connectivity index (χ0v) is 16.5. The van der Waals surface area contributed by atoms with E-state index in [0.29, 0.717) is 42.2 Å². The van der Waals surface area contributed by atoms with E-state index in [2.05, 4.69) is 15.5 Å². The van der Waals surface area contributed by atoms with E-state index in [1.165, 1.54) is 0 Å². The third-order valence-corrected chi connectivity index (χ3v) is 5.45. The number of hydrogen-bond donors (Lipinski definition) is 2. The number of halogens is 1. The van der Waals surface area contributed by atoms with Crippen molar-refractivity contribution in [3.63, 3.8) is 0 Å². The van der Waals surface area contributed by atoms with Gasteiger partial charge in [0, 0.05) is 35.3 Å². The molecule has 3 aromatic rings. The fourth-order valence-electron chi connectivity index (χ4n) is 3.57. The first kappa shape index (κ1) is 19.2. The minimum absolute atomic E-state index is 0.00784. The van der Waals surface area contributed by atoms with E-state index in [0.717, 1.165) is 11.3 Å². The fraction of sp³-hybridized carbons (Fsp3) is 0.227. The van der Waals surface area contributed by atoms with Gasteiger partial charge in [0.1, 0.15) is 0 Å². The van der Waals surface area contributed by atoms with E-state index < -0.39 is 0 Å². The zero-order chi connectivity index (χ0) is 20.2. The van der Waals surface area contributed by atoms with Crippen molar-refractivity contribution in [1.82, 2.24) is 15.1 Å². The maximum Gasteiger partial charge on any atom is 0.257 e. The molecule has 2 aromatic carbocycles. The van der Waals surface area contributed by atoms with Gasteiger partial charge in [0.2, 0.25) is 5.91 Å². The number of piperidine rings is 1. The summed E-state index contributed by atoms with van der Waals surface area (Å²) < 4.78 is 0. The van der Waals surface area contributed by atoms with E-state index >= 15 is 0 Å². The molecule has 2 amide bonds. The first-order valence-electron chi connectivity index (χ1n) is 9.56. The summed E-state index contributed by atoms with van der Waals surface area (Å²) in [5.41, 5.74) is 2.85. The van der Waals surface area contributed by atoms with Crippen molar-refractivity contribution in [2.45, 2.75) is 12.8 Å². The number of nitrogens with one attached hydrogen (secondary N) is 2. The average Bonchev–Trinajstić information content (AvgIpc) is 3.24. The van der Waals surface area contributed by atoms with Crippen LogP contribution in [-0.4, -0.2) is 40.0 Å². The second kappa shape index (κ2) is 8.49. The molecule has 2 N–H and O–H groups in total. The summed E-state index contributed by atoms with van der Waals surface area (Å²) in [6.45, 7) is 1.08. The molecule has 0 spiro atoms. The van der Waals surface area contributed by atoms with Crippen molar-refractivity contribution >= 4 is 29.1 Å². The Morgan fingerprint density at radius 1 is 1.03 bits per heavy atom. The topological polar surface area (TPSA) is 78.1 Å². The van der Waals surface area contributed by atoms with Gasteiger partial charge in [0.05, 0.1) is 17.5 Å². The highest BCUT2D eigenvalue weighted by molar-refractivity contribution is 6.30. The summed E-state index contributed by atoms with van der Waals surface area (Å²) in [7, 11) is 0. The van der Waals surface area contributed by atoms with Gasteiger partial charge in [-0.25, -0.2) is 0 Å². The molecular formula is C22H21ClN4O2. The lowest BCUT2D eigenvalue weighted by molar-refractivity contribution is -0.121. The number of aromatic nitrogens is 2. The van der Waals surface area contributed by atoms with E-state index in [9.17, 15) is 9.59 Å². The molecule has 4 rings (SSSR count). The summed E-state index contributed by atoms with van der Waals surface area (Å²) >= 11 is 5.95. The molecular weight excluding hydrogens is 388 g/mol. The number of hydrogen-bond acceptors (Lipinski definition) is 3. The molecule has 1 aromatic heterocycles. The van der Waals surface area contributed by atoms with Crippen LogP contribution in [0.25, 0.3) is 11.3 Å². The molecule has 0 radical (unpaired) electrons. The summed E-state index contributed by atoms with van der Waals surface area (Å²) in [6.07, 6.45) is 2.83. The molecule has 1 aliphatic heterocycles. The largest absolute Gasteiger partial charge is 0.338 e. The summed E-state index contributed by atoms with van der Waals surface area (Å²) in [5.74, 6) is -0.168. The Labute approximate surface area is 173 Å². The third-order valence-electron chi connectivity index (χ3n) is 5.20. The average molecular weight is 409 g/mol. The molecule has 29 heavy (non-hydrogen) atoms. The Balaban J connectivity index is 1.39. The Morgan fingerprint density at radius 3 is 2.41 bits per heavy atom. The number of rotatable bonds is 4. The number of H-pyrrole nitrogens is 1. The SMILES string of the molecule is O=C(Nc1ccccc1)C1CCN(C(=O)c2cn[nH]c2-c2ccc(Cl)cc2)CC1. The predicted molar refractivity (Wildman–Crippen MR) is 113 cm³/mol. The van der Waals surface area contributed by atoms with Crippen molar-refractivity contribution < 1.29 is 9.59 Å². The third kappa shape index (κ3) is 4.32. The highest BCUT2D eigenvalue weighted by atomic mass is 35.5. The number of amides is 2. The lowest BCUT2D eigenvalue weighted by Gasteiger charge is -2.31. The minimum Gasteiger partial charge on any atom is -0.338 e. The molecule has 1 saturated heterocycles. The normalized spacial score (nSPS) is 14.6. The summed E-state index contributed by atoms with van der Waals surface area (Å²) in [6, 6.07) is 16.7. The number of likely N-dealkylation sites (tertiary alicyclic amines) is 1. The van der Waals surface area contributed by atoms with Crippen LogP contribution in [0.15, 0.2) is 60.8 Å². The number of carbonyl (C=O) groups excluding carboxylic acids is 2. The number of aromatic amines is 1. The molecule has 6 nitrogen and oxygen atoms in total. The predicted octanol–water partition coefficient (Wildman–Crippen LogP) is 4.22. The van der Waals surface area contributed by atoms with Crippen LogP contribution in [0.2, 0.25) is 5.02 Å². The van der Waals surface area contributed by atoms with Crippen LogP contribution < -0.4 is 5.32 Å². The van der Waals surface area contributed by atoms with Gasteiger partial charge in [-0.05, 0) is 37.1 Å². The Kier molecular flexibility index (Phi) is 5.62. The van der Waals surface area contributed by atoms with Crippen LogP contribution >= 0.6 is 11.6 Å². The Hall–Kier alpha value is -3.12. The fourth-order valence-corrected chi connectivity index (χ4v) is 3.69. The second-order valence-electron chi connectivity index (χ2n) is 7.09. The first-order chi connectivity index (χ1) is 14.1. The van der Waals surface area contributed by atoms with Crippen molar-refractivity contribution in [3.8, 4) is 11.3 Å². The van der Waals surface area contributed by atoms with Crippen LogP contribution in [0.4, 0.5) is 5.69 Å². The number of anilines is 1. The first-order valence-corrected chi connectivity index (χ1v) is 9.94. The van der Waals surface area contributed by atoms with Gasteiger partial charge >= 0.3 is 0 Å². The van der Waals surface area contributed by atoms with Crippen LogP contribution in [0, 0.1) is 5.92 Å². The smallest absolute Gasteiger partial charge is 0.257 e. The lowest BCUT2D eigenvalue weighted by Crippen LogP contribution is -2.41. The molecule has 1 aliphatic rings. The number of para-hydroxylation sites is 1. The van der Waals surface area contributed by atoms with Gasteiger partial charge in [0.25, 0.3) is 5.91 Å². The molecule has 1 fully saturated rings. The van der Waals surface area contributed by atoms with Crippen LogP contribution in [0.3, 0.4) is 0 Å². The maximum absolute atomic E-state index is 13.0. The molecule has 2 heterocycles. The van der Waals surface area contributed by atoms with Gasteiger partial charge < -0.3 is 10.2 Å². The van der Waals surface area contributed by atoms with Crippen molar-refractivity contribution in [3.05, 3.63) is 71.4 Å². The highest BCUT2D eigenvalue weighted by Gasteiger charge is 2.29. The van der Waals surface area contributed by atoms with Crippen LogP contribution in [0.5, 0.6) is 0 Å². The summed E-state index contributed by atoms with van der Waals surface area (Å²) in [5, 5.41) is 10.6. The molecule has 0 bridgehead atoms. The monoisotopic (exact) mass is 408 g/mol. The molecule has 148 valence electrons. The minimum atomic E-state index is -0.0978. The van der Waals surface area contributed by atoms with Gasteiger partial charge in [-0.3, -0.25) is 14.7 Å². The molecule has 0 atom stereocenters. The number of carbonyl (C=O) groups is 2. The molecule has 0 unspecified atom stereocenters. The Bertz CT molecular complexity index is 993. The van der Waals surface area contributed by atoms with E-state index in [1.807, 2.05) is 42.5 Å². The van der Waals surface area contributed by atoms with Gasteiger partial charge in [-0.15, -0.1) is 0 Å². The summed E-state index contributed by atoms with van der Waals surface area (Å²) in [4.78, 5) is 27.3. The second-order valence-corrected chi connectivity index (χ2v) is 7.52. The van der Waals surface area contributed by atoms with Crippen LogP contribution in [0.1, 0.15) is 23.2 Å². The van der Waals surface area contributed by atoms with Crippen LogP contribution in [-0.2, 0) is 4.79 Å². The standard InChI is InChI=1S/C22H21ClN4O2/c23-17-8-6-15(7-9-17)20-19(14-24-26-20)22(29)27-12-10-16(11-13-27)21(28)25-18-4-2-1-3-5-18/h1-9,14,16H,10-13H2,(H,24,26)(H,25,28). The number of nitrogens with zero attached hydrogens (tertiary/aromatic N) is 2.